The molecule has 1 saturated heterocycles. The molecule has 0 spiro atoms. The average Bonchev–Trinajstić information content (AvgIpc) is 3.27. The van der Waals surface area contributed by atoms with Crippen LogP contribution in [0, 0.1) is 11.7 Å². The summed E-state index contributed by atoms with van der Waals surface area (Å²) in [6.45, 7) is 3.15. The molecule has 2 aromatic carbocycles. The molecular formula is C24H25FN2OS. The molecule has 0 bridgehead atoms. The number of nitrogens with one attached hydrogen (secondary N) is 1. The van der Waals surface area contributed by atoms with Gasteiger partial charge in [0.15, 0.2) is 0 Å². The predicted octanol–water partition coefficient (Wildman–Crippen LogP) is 5.08. The Balaban J connectivity index is 1.34. The zero-order chi connectivity index (χ0) is 20.1. The van der Waals surface area contributed by atoms with Crippen LogP contribution in [-0.2, 0) is 17.9 Å². The van der Waals surface area contributed by atoms with Crippen molar-refractivity contribution in [3.05, 3.63) is 82.3 Å². The van der Waals surface area contributed by atoms with E-state index < -0.39 is 0 Å². The number of amides is 1. The highest BCUT2D eigenvalue weighted by atomic mass is 32.1. The Labute approximate surface area is 175 Å². The normalized spacial score (nSPS) is 15.3. The number of benzene rings is 2. The first-order valence-corrected chi connectivity index (χ1v) is 10.9. The first-order valence-electron chi connectivity index (χ1n) is 10.1. The molecular weight excluding hydrogens is 383 g/mol. The maximum Gasteiger partial charge on any atom is 0.223 e. The number of hydrogen-bond acceptors (Lipinski definition) is 3. The minimum Gasteiger partial charge on any atom is -0.351 e. The molecule has 0 saturated carbocycles. The van der Waals surface area contributed by atoms with Crippen LogP contribution in [0.15, 0.2) is 66.0 Å². The van der Waals surface area contributed by atoms with Crippen LogP contribution < -0.4 is 5.32 Å². The number of carbonyl (C=O) groups is 1. The lowest BCUT2D eigenvalue weighted by Gasteiger charge is -2.31. The Hall–Kier alpha value is -2.50. The van der Waals surface area contributed by atoms with Crippen molar-refractivity contribution < 1.29 is 9.18 Å². The first-order chi connectivity index (χ1) is 14.2. The fraction of sp³-hybridized carbons (Fsp3) is 0.292. The van der Waals surface area contributed by atoms with Crippen LogP contribution in [0.25, 0.3) is 11.1 Å². The summed E-state index contributed by atoms with van der Waals surface area (Å²) in [4.78, 5) is 16.0. The van der Waals surface area contributed by atoms with Gasteiger partial charge >= 0.3 is 0 Å². The number of piperidine rings is 1. The second-order valence-electron chi connectivity index (χ2n) is 7.48. The molecule has 4 rings (SSSR count). The zero-order valence-electron chi connectivity index (χ0n) is 16.3. The molecule has 0 radical (unpaired) electrons. The van der Waals surface area contributed by atoms with Crippen molar-refractivity contribution in [1.82, 2.24) is 10.2 Å². The summed E-state index contributed by atoms with van der Waals surface area (Å²) in [7, 11) is 0. The molecule has 1 aliphatic heterocycles. The molecule has 150 valence electrons. The summed E-state index contributed by atoms with van der Waals surface area (Å²) < 4.78 is 14.3. The number of likely N-dealkylation sites (tertiary alicyclic amines) is 1. The number of halogens is 1. The van der Waals surface area contributed by atoms with Crippen molar-refractivity contribution in [1.29, 1.82) is 0 Å². The molecule has 3 aromatic rings. The number of thiophene rings is 1. The number of carbonyl (C=O) groups excluding carboxylic acids is 1. The van der Waals surface area contributed by atoms with Crippen molar-refractivity contribution in [3.8, 4) is 11.1 Å². The Morgan fingerprint density at radius 2 is 1.72 bits per heavy atom. The van der Waals surface area contributed by atoms with Crippen LogP contribution in [-0.4, -0.2) is 23.9 Å². The summed E-state index contributed by atoms with van der Waals surface area (Å²) in [5, 5.41) is 5.09. The maximum absolute atomic E-state index is 14.3. The maximum atomic E-state index is 14.3. The highest BCUT2D eigenvalue weighted by Gasteiger charge is 2.25. The van der Waals surface area contributed by atoms with Crippen LogP contribution in [0.1, 0.15) is 23.3 Å². The quantitative estimate of drug-likeness (QED) is 0.617. The van der Waals surface area contributed by atoms with E-state index in [0.717, 1.165) is 43.6 Å². The lowest BCUT2D eigenvalue weighted by Crippen LogP contribution is -2.40. The molecule has 2 heterocycles. The van der Waals surface area contributed by atoms with E-state index >= 15 is 0 Å². The largest absolute Gasteiger partial charge is 0.351 e. The van der Waals surface area contributed by atoms with Gasteiger partial charge in [-0.25, -0.2) is 4.39 Å². The number of hydrogen-bond donors (Lipinski definition) is 1. The van der Waals surface area contributed by atoms with Crippen LogP contribution in [0.2, 0.25) is 0 Å². The van der Waals surface area contributed by atoms with Crippen molar-refractivity contribution in [3.63, 3.8) is 0 Å². The van der Waals surface area contributed by atoms with Gasteiger partial charge in [0, 0.05) is 22.9 Å². The van der Waals surface area contributed by atoms with Crippen molar-refractivity contribution >= 4 is 17.2 Å². The SMILES string of the molecule is O=C(NCc1cccs1)C1CCN(Cc2ccccc2-c2ccccc2F)CC1. The van der Waals surface area contributed by atoms with Crippen LogP contribution >= 0.6 is 11.3 Å². The van der Waals surface area contributed by atoms with Gasteiger partial charge in [0.2, 0.25) is 5.91 Å². The average molecular weight is 409 g/mol. The Bertz CT molecular complexity index is 949. The minimum atomic E-state index is -0.193. The van der Waals surface area contributed by atoms with E-state index in [1.807, 2.05) is 47.8 Å². The molecule has 3 nitrogen and oxygen atoms in total. The molecule has 29 heavy (non-hydrogen) atoms. The van der Waals surface area contributed by atoms with Gasteiger partial charge in [-0.2, -0.15) is 0 Å². The van der Waals surface area contributed by atoms with E-state index in [1.54, 1.807) is 17.4 Å². The predicted molar refractivity (Wildman–Crippen MR) is 116 cm³/mol. The van der Waals surface area contributed by atoms with Gasteiger partial charge in [0.05, 0.1) is 6.54 Å². The second-order valence-corrected chi connectivity index (χ2v) is 8.52. The number of rotatable bonds is 6. The molecule has 1 amide bonds. The third-order valence-corrected chi connectivity index (χ3v) is 6.43. The van der Waals surface area contributed by atoms with E-state index in [9.17, 15) is 9.18 Å². The Kier molecular flexibility index (Phi) is 6.37. The summed E-state index contributed by atoms with van der Waals surface area (Å²) in [6.07, 6.45) is 1.72. The molecule has 0 atom stereocenters. The van der Waals surface area contributed by atoms with Gasteiger partial charge in [-0.15, -0.1) is 11.3 Å². The summed E-state index contributed by atoms with van der Waals surface area (Å²) in [5.74, 6) is 0.0406. The molecule has 1 aliphatic rings. The fourth-order valence-corrected chi connectivity index (χ4v) is 4.57. The topological polar surface area (TPSA) is 32.3 Å². The summed E-state index contributed by atoms with van der Waals surface area (Å²) >= 11 is 1.66. The van der Waals surface area contributed by atoms with Crippen molar-refractivity contribution in [2.75, 3.05) is 13.1 Å². The van der Waals surface area contributed by atoms with E-state index in [2.05, 4.69) is 16.3 Å². The van der Waals surface area contributed by atoms with Crippen molar-refractivity contribution in [2.24, 2.45) is 5.92 Å². The molecule has 1 fully saturated rings. The van der Waals surface area contributed by atoms with Crippen molar-refractivity contribution in [2.45, 2.75) is 25.9 Å². The molecule has 5 heteroatoms. The van der Waals surface area contributed by atoms with Crippen LogP contribution in [0.4, 0.5) is 4.39 Å². The van der Waals surface area contributed by atoms with E-state index in [0.29, 0.717) is 12.1 Å². The molecule has 0 unspecified atom stereocenters. The molecule has 1 N–H and O–H groups in total. The Morgan fingerprint density at radius 3 is 2.45 bits per heavy atom. The third-order valence-electron chi connectivity index (χ3n) is 5.55. The monoisotopic (exact) mass is 408 g/mol. The third kappa shape index (κ3) is 4.92. The lowest BCUT2D eigenvalue weighted by molar-refractivity contribution is -0.126. The highest BCUT2D eigenvalue weighted by Crippen LogP contribution is 2.28. The van der Waals surface area contributed by atoms with Gasteiger partial charge in [0.1, 0.15) is 5.82 Å². The van der Waals surface area contributed by atoms with E-state index in [-0.39, 0.29) is 17.6 Å². The highest BCUT2D eigenvalue weighted by molar-refractivity contribution is 7.09. The molecule has 0 aliphatic carbocycles. The van der Waals surface area contributed by atoms with Gasteiger partial charge in [0.25, 0.3) is 0 Å². The zero-order valence-corrected chi connectivity index (χ0v) is 17.1. The summed E-state index contributed by atoms with van der Waals surface area (Å²) in [5.41, 5.74) is 2.71. The number of nitrogens with zero attached hydrogens (tertiary/aromatic N) is 1. The van der Waals surface area contributed by atoms with Gasteiger partial charge in [-0.3, -0.25) is 9.69 Å². The summed E-state index contributed by atoms with van der Waals surface area (Å²) in [6, 6.07) is 19.0. The van der Waals surface area contributed by atoms with Crippen LogP contribution in [0.5, 0.6) is 0 Å². The lowest BCUT2D eigenvalue weighted by atomic mass is 9.94. The van der Waals surface area contributed by atoms with Gasteiger partial charge in [-0.05, 0) is 54.6 Å². The van der Waals surface area contributed by atoms with Gasteiger partial charge < -0.3 is 5.32 Å². The first kappa shape index (κ1) is 19.8. The Morgan fingerprint density at radius 1 is 1.00 bits per heavy atom. The van der Waals surface area contributed by atoms with Gasteiger partial charge in [-0.1, -0.05) is 48.5 Å². The van der Waals surface area contributed by atoms with E-state index in [4.69, 9.17) is 0 Å². The molecule has 1 aromatic heterocycles. The van der Waals surface area contributed by atoms with E-state index in [1.165, 1.54) is 10.9 Å². The fourth-order valence-electron chi connectivity index (χ4n) is 3.93. The standard InChI is InChI=1S/C24H25FN2OS/c25-23-10-4-3-9-22(23)21-8-2-1-6-19(21)17-27-13-11-18(12-14-27)24(28)26-16-20-7-5-15-29-20/h1-10,15,18H,11-14,16-17H2,(H,26,28). The second kappa shape index (κ2) is 9.33. The smallest absolute Gasteiger partial charge is 0.223 e. The minimum absolute atomic E-state index is 0.0769. The van der Waals surface area contributed by atoms with Crippen LogP contribution in [0.3, 0.4) is 0 Å².